The van der Waals surface area contributed by atoms with Gasteiger partial charge in [0, 0.05) is 12.6 Å². The fourth-order valence-electron chi connectivity index (χ4n) is 5.27. The van der Waals surface area contributed by atoms with Gasteiger partial charge < -0.3 is 19.7 Å². The highest BCUT2D eigenvalue weighted by molar-refractivity contribution is 5.89. The Morgan fingerprint density at radius 3 is 2.58 bits per heavy atom. The van der Waals surface area contributed by atoms with Crippen molar-refractivity contribution in [2.45, 2.75) is 83.3 Å². The minimum atomic E-state index is -0.683. The van der Waals surface area contributed by atoms with Crippen LogP contribution in [-0.4, -0.2) is 59.5 Å². The number of hydrogen-bond acceptors (Lipinski definition) is 5. The summed E-state index contributed by atoms with van der Waals surface area (Å²) >= 11 is 0. The standard InChI is InChI=1S/C19H33N3O4/c1-11-8-19-9-12(11)13(10-25-7)22(19)15(23)14(18(5,6)21-19)20-16(24)26-17(2,3)4/h11-14,21H,8-10H2,1-7H3,(H,20,24)/t11?,12-,13?,14-,19-/m1/s1. The fourth-order valence-corrected chi connectivity index (χ4v) is 5.27. The van der Waals surface area contributed by atoms with Gasteiger partial charge in [0.2, 0.25) is 5.91 Å². The summed E-state index contributed by atoms with van der Waals surface area (Å²) in [6.45, 7) is 12.1. The molecule has 2 bridgehead atoms. The van der Waals surface area contributed by atoms with E-state index in [2.05, 4.69) is 17.6 Å². The van der Waals surface area contributed by atoms with E-state index >= 15 is 0 Å². The van der Waals surface area contributed by atoms with Crippen molar-refractivity contribution >= 4 is 12.0 Å². The molecule has 3 fully saturated rings. The van der Waals surface area contributed by atoms with Gasteiger partial charge in [-0.15, -0.1) is 0 Å². The number of ether oxygens (including phenoxy) is 2. The molecule has 2 unspecified atom stereocenters. The molecular weight excluding hydrogens is 334 g/mol. The SMILES string of the molecule is COCC1[C@@H]2C[C@]3(CC2C)NC(C)(C)[C@H](NC(=O)OC(C)(C)C)C(=O)N13. The molecule has 3 aliphatic rings. The molecule has 0 aromatic rings. The van der Waals surface area contributed by atoms with Crippen molar-refractivity contribution in [3.8, 4) is 0 Å². The molecule has 148 valence electrons. The summed E-state index contributed by atoms with van der Waals surface area (Å²) in [6, 6.07) is -0.639. The van der Waals surface area contributed by atoms with Gasteiger partial charge in [-0.05, 0) is 59.3 Å². The molecule has 1 saturated carbocycles. The lowest BCUT2D eigenvalue weighted by Gasteiger charge is -2.56. The minimum Gasteiger partial charge on any atom is -0.444 e. The maximum absolute atomic E-state index is 13.5. The molecule has 0 radical (unpaired) electrons. The molecule has 2 heterocycles. The topological polar surface area (TPSA) is 79.9 Å². The van der Waals surface area contributed by atoms with Crippen LogP contribution < -0.4 is 10.6 Å². The van der Waals surface area contributed by atoms with E-state index < -0.39 is 23.3 Å². The number of amides is 2. The third kappa shape index (κ3) is 3.09. The average molecular weight is 367 g/mol. The normalized spacial score (nSPS) is 38.3. The second kappa shape index (κ2) is 6.09. The number of alkyl carbamates (subject to hydrolysis) is 1. The van der Waals surface area contributed by atoms with Crippen molar-refractivity contribution < 1.29 is 19.1 Å². The Hall–Kier alpha value is -1.34. The maximum Gasteiger partial charge on any atom is 0.408 e. The molecule has 0 aromatic carbocycles. The zero-order valence-corrected chi connectivity index (χ0v) is 17.0. The Morgan fingerprint density at radius 1 is 1.35 bits per heavy atom. The van der Waals surface area contributed by atoms with Gasteiger partial charge in [-0.3, -0.25) is 10.1 Å². The number of carbonyl (C=O) groups is 2. The highest BCUT2D eigenvalue weighted by Crippen LogP contribution is 2.54. The van der Waals surface area contributed by atoms with Gasteiger partial charge in [0.05, 0.1) is 18.3 Å². The number of hydrogen-bond donors (Lipinski definition) is 2. The summed E-state index contributed by atoms with van der Waals surface area (Å²) in [5.41, 5.74) is -1.51. The Bertz CT molecular complexity index is 600. The van der Waals surface area contributed by atoms with Crippen LogP contribution in [0.5, 0.6) is 0 Å². The molecule has 7 nitrogen and oxygen atoms in total. The Balaban J connectivity index is 1.86. The van der Waals surface area contributed by atoms with Crippen LogP contribution in [0.15, 0.2) is 0 Å². The predicted octanol–water partition coefficient (Wildman–Crippen LogP) is 1.86. The monoisotopic (exact) mass is 367 g/mol. The first kappa shape index (κ1) is 19.4. The number of nitrogens with one attached hydrogen (secondary N) is 2. The van der Waals surface area contributed by atoms with Crippen molar-refractivity contribution in [3.63, 3.8) is 0 Å². The lowest BCUT2D eigenvalue weighted by atomic mass is 9.82. The molecule has 5 atom stereocenters. The summed E-state index contributed by atoms with van der Waals surface area (Å²) < 4.78 is 10.8. The number of rotatable bonds is 3. The van der Waals surface area contributed by atoms with E-state index in [9.17, 15) is 9.59 Å². The van der Waals surface area contributed by atoms with Crippen molar-refractivity contribution in [3.05, 3.63) is 0 Å². The quantitative estimate of drug-likeness (QED) is 0.796. The highest BCUT2D eigenvalue weighted by Gasteiger charge is 2.66. The van der Waals surface area contributed by atoms with Crippen LogP contribution >= 0.6 is 0 Å². The van der Waals surface area contributed by atoms with Crippen LogP contribution in [0.1, 0.15) is 54.4 Å². The summed E-state index contributed by atoms with van der Waals surface area (Å²) in [7, 11) is 1.67. The maximum atomic E-state index is 13.5. The molecule has 0 aromatic heterocycles. The van der Waals surface area contributed by atoms with E-state index in [4.69, 9.17) is 9.47 Å². The van der Waals surface area contributed by atoms with Gasteiger partial charge in [0.15, 0.2) is 0 Å². The zero-order valence-electron chi connectivity index (χ0n) is 17.0. The largest absolute Gasteiger partial charge is 0.444 e. The Kier molecular flexibility index (Phi) is 4.55. The third-order valence-electron chi connectivity index (χ3n) is 6.01. The van der Waals surface area contributed by atoms with Crippen LogP contribution in [0.2, 0.25) is 0 Å². The molecule has 26 heavy (non-hydrogen) atoms. The van der Waals surface area contributed by atoms with E-state index in [1.807, 2.05) is 39.5 Å². The zero-order chi connectivity index (χ0) is 19.5. The van der Waals surface area contributed by atoms with Crippen LogP contribution in [0.25, 0.3) is 0 Å². The van der Waals surface area contributed by atoms with E-state index in [0.29, 0.717) is 18.4 Å². The molecule has 2 saturated heterocycles. The molecule has 2 N–H and O–H groups in total. The number of nitrogens with zero attached hydrogens (tertiary/aromatic N) is 1. The first-order chi connectivity index (χ1) is 11.9. The van der Waals surface area contributed by atoms with Crippen LogP contribution in [0.3, 0.4) is 0 Å². The van der Waals surface area contributed by atoms with Crippen molar-refractivity contribution in [1.29, 1.82) is 0 Å². The van der Waals surface area contributed by atoms with Gasteiger partial charge in [-0.1, -0.05) is 6.92 Å². The molecular formula is C19H33N3O4. The highest BCUT2D eigenvalue weighted by atomic mass is 16.6. The molecule has 7 heteroatoms. The Morgan fingerprint density at radius 2 is 2.00 bits per heavy atom. The number of carbonyl (C=O) groups excluding carboxylic acids is 2. The number of fused-ring (bicyclic) bond motifs is 1. The van der Waals surface area contributed by atoms with Crippen LogP contribution in [0.4, 0.5) is 4.79 Å². The average Bonchev–Trinajstić information content (AvgIpc) is 2.92. The van der Waals surface area contributed by atoms with Crippen molar-refractivity contribution in [1.82, 2.24) is 15.5 Å². The summed E-state index contributed by atoms with van der Waals surface area (Å²) in [5.74, 6) is 0.913. The lowest BCUT2D eigenvalue weighted by molar-refractivity contribution is -0.158. The van der Waals surface area contributed by atoms with Gasteiger partial charge in [0.25, 0.3) is 0 Å². The third-order valence-corrected chi connectivity index (χ3v) is 6.01. The first-order valence-electron chi connectivity index (χ1n) is 9.51. The smallest absolute Gasteiger partial charge is 0.408 e. The van der Waals surface area contributed by atoms with E-state index in [-0.39, 0.29) is 17.6 Å². The van der Waals surface area contributed by atoms with Crippen LogP contribution in [0, 0.1) is 11.8 Å². The molecule has 1 spiro atoms. The lowest BCUT2D eigenvalue weighted by Crippen LogP contribution is -2.79. The number of piperidine rings is 1. The minimum absolute atomic E-state index is 0.0442. The molecule has 3 rings (SSSR count). The van der Waals surface area contributed by atoms with Gasteiger partial charge in [-0.2, -0.15) is 0 Å². The molecule has 2 amide bonds. The fraction of sp³-hybridized carbons (Fsp3) is 0.895. The summed E-state index contributed by atoms with van der Waals surface area (Å²) in [6.07, 6.45) is 1.31. The van der Waals surface area contributed by atoms with Gasteiger partial charge in [0.1, 0.15) is 11.6 Å². The van der Waals surface area contributed by atoms with Crippen molar-refractivity contribution in [2.24, 2.45) is 11.8 Å². The second-order valence-corrected chi connectivity index (χ2v) is 9.74. The Labute approximate surface area is 156 Å². The van der Waals surface area contributed by atoms with E-state index in [1.54, 1.807) is 7.11 Å². The summed E-state index contributed by atoms with van der Waals surface area (Å²) in [4.78, 5) is 27.7. The van der Waals surface area contributed by atoms with E-state index in [0.717, 1.165) is 12.8 Å². The summed E-state index contributed by atoms with van der Waals surface area (Å²) in [5, 5.41) is 6.51. The van der Waals surface area contributed by atoms with Gasteiger partial charge >= 0.3 is 6.09 Å². The predicted molar refractivity (Wildman–Crippen MR) is 97.5 cm³/mol. The molecule has 2 aliphatic heterocycles. The van der Waals surface area contributed by atoms with Crippen molar-refractivity contribution in [2.75, 3.05) is 13.7 Å². The van der Waals surface area contributed by atoms with Crippen LogP contribution in [-0.2, 0) is 14.3 Å². The molecule has 1 aliphatic carbocycles. The number of methoxy groups -OCH3 is 1. The first-order valence-corrected chi connectivity index (χ1v) is 9.51. The second-order valence-electron chi connectivity index (χ2n) is 9.74. The van der Waals surface area contributed by atoms with E-state index in [1.165, 1.54) is 0 Å². The van der Waals surface area contributed by atoms with Gasteiger partial charge in [-0.25, -0.2) is 4.79 Å².